The van der Waals surface area contributed by atoms with Crippen LogP contribution >= 0.6 is 0 Å². The molecule has 1 heterocycles. The summed E-state index contributed by atoms with van der Waals surface area (Å²) < 4.78 is 79.6. The predicted molar refractivity (Wildman–Crippen MR) is 228 cm³/mol. The summed E-state index contributed by atoms with van der Waals surface area (Å²) in [6, 6.07) is 51.5. The Morgan fingerprint density at radius 1 is 0.707 bits per heavy atom. The molecule has 0 aliphatic carbocycles. The van der Waals surface area contributed by atoms with Gasteiger partial charge in [0.25, 0.3) is 0 Å². The molecule has 58 heavy (non-hydrogen) atoms. The number of ether oxygens (including phenoxy) is 1. The summed E-state index contributed by atoms with van der Waals surface area (Å²) in [5.41, 5.74) is 4.86. The van der Waals surface area contributed by atoms with Crippen LogP contribution < -0.4 is 0 Å². The maximum atomic E-state index is 14.5. The van der Waals surface area contributed by atoms with E-state index in [4.69, 9.17) is 27.4 Å². The smallest absolute Gasteiger partial charge is 0.329 e. The molecule has 0 spiro atoms. The van der Waals surface area contributed by atoms with Crippen LogP contribution in [-0.4, -0.2) is 43.0 Å². The third-order valence-electron chi connectivity index (χ3n) is 10.00. The number of rotatable bonds is 16. The Morgan fingerprint density at radius 2 is 1.24 bits per heavy atom. The summed E-state index contributed by atoms with van der Waals surface area (Å²) in [5.74, 6) is -2.91. The molecule has 0 saturated carbocycles. The SMILES string of the molecule is [2H]C([2H])([2H])C([2H])([2H])C([2H])([2H])C([2H])([2H])C(=O)N(Cc1ccc(-c2ccccc2-c2nnn(C(c3ccccc3)(c3ccccc3)c3ccccc3)n2)cc1)[C@H](C(=O)OCc1ccccc1)C(C)C. The zero-order valence-corrected chi connectivity index (χ0v) is 32.2. The Bertz CT molecular complexity index is 2680. The largest absolute Gasteiger partial charge is 0.459 e. The minimum Gasteiger partial charge on any atom is -0.459 e. The van der Waals surface area contributed by atoms with Crippen LogP contribution in [0.15, 0.2) is 170 Å². The van der Waals surface area contributed by atoms with Crippen LogP contribution in [0.4, 0.5) is 0 Å². The van der Waals surface area contributed by atoms with Crippen molar-refractivity contribution in [3.63, 3.8) is 0 Å². The average Bonchev–Trinajstić information content (AvgIpc) is 3.82. The number of tetrazole rings is 1. The number of carbonyl (C=O) groups excluding carboxylic acids is 2. The van der Waals surface area contributed by atoms with Crippen molar-refractivity contribution in [1.82, 2.24) is 25.1 Å². The van der Waals surface area contributed by atoms with Crippen molar-refractivity contribution in [3.8, 4) is 22.5 Å². The van der Waals surface area contributed by atoms with Crippen molar-refractivity contribution in [2.24, 2.45) is 5.92 Å². The summed E-state index contributed by atoms with van der Waals surface area (Å²) in [6.45, 7) is -1.07. The van der Waals surface area contributed by atoms with Crippen LogP contribution in [0.25, 0.3) is 22.5 Å². The van der Waals surface area contributed by atoms with Crippen molar-refractivity contribution < 1.29 is 26.7 Å². The Kier molecular flexibility index (Phi) is 9.43. The van der Waals surface area contributed by atoms with Gasteiger partial charge in [0.05, 0.1) is 0 Å². The molecule has 6 aromatic carbocycles. The van der Waals surface area contributed by atoms with E-state index in [1.165, 1.54) is 0 Å². The highest BCUT2D eigenvalue weighted by Crippen LogP contribution is 2.40. The Morgan fingerprint density at radius 3 is 1.79 bits per heavy atom. The predicted octanol–water partition coefficient (Wildman–Crippen LogP) is 10.1. The number of hydrogen-bond donors (Lipinski definition) is 0. The van der Waals surface area contributed by atoms with E-state index in [0.29, 0.717) is 28.1 Å². The van der Waals surface area contributed by atoms with Gasteiger partial charge in [-0.2, -0.15) is 0 Å². The lowest BCUT2D eigenvalue weighted by atomic mass is 9.77. The van der Waals surface area contributed by atoms with Gasteiger partial charge in [-0.05, 0) is 56.4 Å². The van der Waals surface area contributed by atoms with E-state index in [1.54, 1.807) is 73.2 Å². The number of benzene rings is 6. The molecule has 0 N–H and O–H groups in total. The number of hydrogen-bond acceptors (Lipinski definition) is 6. The molecule has 7 aromatic rings. The third kappa shape index (κ3) is 8.51. The lowest BCUT2D eigenvalue weighted by molar-refractivity contribution is -0.159. The number of carbonyl (C=O) groups is 2. The molecule has 0 aliphatic heterocycles. The van der Waals surface area contributed by atoms with E-state index in [9.17, 15) is 9.59 Å². The molecule has 8 nitrogen and oxygen atoms in total. The third-order valence-corrected chi connectivity index (χ3v) is 10.00. The van der Waals surface area contributed by atoms with Gasteiger partial charge in [-0.3, -0.25) is 4.79 Å². The molecule has 1 aromatic heterocycles. The second-order valence-electron chi connectivity index (χ2n) is 14.0. The van der Waals surface area contributed by atoms with E-state index < -0.39 is 61.9 Å². The quantitative estimate of drug-likeness (QED) is 0.0717. The van der Waals surface area contributed by atoms with E-state index in [-0.39, 0.29) is 6.61 Å². The van der Waals surface area contributed by atoms with Crippen molar-refractivity contribution in [2.45, 2.75) is 64.6 Å². The molecule has 292 valence electrons. The normalized spacial score (nSPS) is 15.2. The number of nitrogens with zero attached hydrogens (tertiary/aromatic N) is 5. The lowest BCUT2D eigenvalue weighted by Crippen LogP contribution is -2.48. The fraction of sp³-hybridized carbons (Fsp3) is 0.220. The minimum atomic E-state index is -3.89. The molecule has 1 atom stereocenters. The first kappa shape index (κ1) is 29.6. The number of aromatic nitrogens is 4. The lowest BCUT2D eigenvalue weighted by Gasteiger charge is -2.34. The van der Waals surface area contributed by atoms with E-state index >= 15 is 0 Å². The summed E-state index contributed by atoms with van der Waals surface area (Å²) >= 11 is 0. The summed E-state index contributed by atoms with van der Waals surface area (Å²) in [4.78, 5) is 30.9. The van der Waals surface area contributed by atoms with E-state index in [2.05, 4.69) is 5.10 Å². The molecule has 1 amide bonds. The molecule has 0 fully saturated rings. The first-order chi connectivity index (χ1) is 31.8. The number of esters is 1. The molecule has 0 saturated heterocycles. The molecular formula is C50H49N5O3. The Hall–Kier alpha value is -6.67. The average molecular weight is 777 g/mol. The number of amides is 1. The topological polar surface area (TPSA) is 90.2 Å². The zero-order valence-electron chi connectivity index (χ0n) is 41.2. The van der Waals surface area contributed by atoms with Crippen LogP contribution in [0.2, 0.25) is 0 Å². The van der Waals surface area contributed by atoms with E-state index in [0.717, 1.165) is 27.2 Å². The summed E-state index contributed by atoms with van der Waals surface area (Å²) in [6.07, 6.45) is -11.5. The fourth-order valence-corrected chi connectivity index (χ4v) is 7.29. The van der Waals surface area contributed by atoms with E-state index in [1.807, 2.05) is 115 Å². The highest BCUT2D eigenvalue weighted by atomic mass is 16.5. The van der Waals surface area contributed by atoms with Gasteiger partial charge < -0.3 is 9.64 Å². The standard InChI is InChI=1S/C50H49N5O3/c1-4-5-30-46(56)54(47(37(2)3)49(57)58-36-39-20-10-6-11-21-39)35-38-31-33-40(34-32-38)44-28-18-19-29-45(44)48-51-53-55(52-48)50(41-22-12-7-13-23-41,42-24-14-8-15-25-42)43-26-16-9-17-27-43/h6-29,31-34,37,47H,4-5,30,35-36H2,1-3H3/t47-/m0/s1/i1D3,4D2,5D2,30D2. The van der Waals surface area contributed by atoms with Gasteiger partial charge in [-0.25, -0.2) is 4.79 Å². The van der Waals surface area contributed by atoms with Gasteiger partial charge in [0, 0.05) is 30.8 Å². The molecular weight excluding hydrogens is 719 g/mol. The fourth-order valence-electron chi connectivity index (χ4n) is 7.29. The van der Waals surface area contributed by atoms with Crippen LogP contribution in [0.5, 0.6) is 0 Å². The van der Waals surface area contributed by atoms with Crippen LogP contribution in [-0.2, 0) is 33.0 Å². The second kappa shape index (κ2) is 18.5. The van der Waals surface area contributed by atoms with Gasteiger partial charge in [-0.1, -0.05) is 197 Å². The molecule has 0 bridgehead atoms. The molecule has 8 heteroatoms. The Labute approximate surface area is 353 Å². The highest BCUT2D eigenvalue weighted by Gasteiger charge is 2.41. The van der Waals surface area contributed by atoms with Crippen LogP contribution in [0.1, 0.15) is 80.0 Å². The second-order valence-corrected chi connectivity index (χ2v) is 14.0. The molecule has 0 radical (unpaired) electrons. The molecule has 0 aliphatic rings. The van der Waals surface area contributed by atoms with Gasteiger partial charge in [-0.15, -0.1) is 15.0 Å². The summed E-state index contributed by atoms with van der Waals surface area (Å²) in [7, 11) is 0. The maximum absolute atomic E-state index is 14.5. The zero-order chi connectivity index (χ0) is 48.2. The Balaban J connectivity index is 1.26. The van der Waals surface area contributed by atoms with Crippen LogP contribution in [0.3, 0.4) is 0 Å². The van der Waals surface area contributed by atoms with Gasteiger partial charge >= 0.3 is 5.97 Å². The first-order valence-corrected chi connectivity index (χ1v) is 19.0. The van der Waals surface area contributed by atoms with Gasteiger partial charge in [0.1, 0.15) is 12.6 Å². The van der Waals surface area contributed by atoms with Crippen molar-refractivity contribution >= 4 is 11.9 Å². The highest BCUT2D eigenvalue weighted by molar-refractivity contribution is 5.85. The monoisotopic (exact) mass is 776 g/mol. The van der Waals surface area contributed by atoms with Gasteiger partial charge in [0.2, 0.25) is 11.7 Å². The summed E-state index contributed by atoms with van der Waals surface area (Å²) in [5, 5.41) is 14.4. The molecule has 0 unspecified atom stereocenters. The van der Waals surface area contributed by atoms with Crippen molar-refractivity contribution in [1.29, 1.82) is 0 Å². The van der Waals surface area contributed by atoms with Crippen LogP contribution in [0, 0.1) is 5.92 Å². The maximum Gasteiger partial charge on any atom is 0.329 e. The van der Waals surface area contributed by atoms with Crippen molar-refractivity contribution in [3.05, 3.63) is 198 Å². The van der Waals surface area contributed by atoms with Crippen molar-refractivity contribution in [2.75, 3.05) is 0 Å². The molecule has 7 rings (SSSR count). The van der Waals surface area contributed by atoms with Gasteiger partial charge in [0.15, 0.2) is 5.54 Å². The minimum absolute atomic E-state index is 0.178. The first-order valence-electron chi connectivity index (χ1n) is 23.5.